The Morgan fingerprint density at radius 1 is 1.11 bits per heavy atom. The van der Waals surface area contributed by atoms with E-state index in [-0.39, 0.29) is 12.2 Å². The minimum absolute atomic E-state index is 0.281. The number of aromatic nitrogens is 1. The molecule has 2 aromatic carbocycles. The maximum absolute atomic E-state index is 12.5. The van der Waals surface area contributed by atoms with Gasteiger partial charge in [-0.1, -0.05) is 35.9 Å². The van der Waals surface area contributed by atoms with Crippen molar-refractivity contribution in [1.82, 2.24) is 4.98 Å². The molecule has 27 heavy (non-hydrogen) atoms. The Morgan fingerprint density at radius 2 is 1.93 bits per heavy atom. The molecule has 0 bridgehead atoms. The van der Waals surface area contributed by atoms with Crippen molar-refractivity contribution in [2.45, 2.75) is 13.3 Å². The molecule has 0 atom stereocenters. The molecule has 0 aliphatic carbocycles. The van der Waals surface area contributed by atoms with Crippen LogP contribution in [0.4, 0.5) is 11.4 Å². The van der Waals surface area contributed by atoms with Crippen LogP contribution in [0.5, 0.6) is 0 Å². The van der Waals surface area contributed by atoms with Crippen molar-refractivity contribution in [3.8, 4) is 11.1 Å². The van der Waals surface area contributed by atoms with E-state index < -0.39 is 5.91 Å². The maximum Gasteiger partial charge on any atom is 0.232 e. The zero-order valence-corrected chi connectivity index (χ0v) is 15.5. The lowest BCUT2D eigenvalue weighted by molar-refractivity contribution is -0.115. The van der Waals surface area contributed by atoms with E-state index in [0.29, 0.717) is 22.0 Å². The Morgan fingerprint density at radius 3 is 2.70 bits per heavy atom. The number of Topliss-reactive ketones (excluding diaryl/α,β-unsaturated/α-hetero) is 1. The summed E-state index contributed by atoms with van der Waals surface area (Å²) in [5, 5.41) is 3.08. The quantitative estimate of drug-likeness (QED) is 0.388. The molecule has 1 aromatic heterocycles. The highest BCUT2D eigenvalue weighted by Crippen LogP contribution is 2.24. The number of hydrogen-bond acceptors (Lipinski definition) is 4. The highest BCUT2D eigenvalue weighted by atomic mass is 35.5. The first-order chi connectivity index (χ1) is 12.9. The second-order valence-electron chi connectivity index (χ2n) is 6.10. The number of nitrogen functional groups attached to an aromatic ring is 1. The molecule has 0 saturated carbocycles. The number of nitrogens with zero attached hydrogens (tertiary/aromatic N) is 1. The molecule has 3 N–H and O–H groups in total. The predicted octanol–water partition coefficient (Wildman–Crippen LogP) is 4.50. The third-order valence-corrected chi connectivity index (χ3v) is 4.35. The minimum Gasteiger partial charge on any atom is -0.397 e. The largest absolute Gasteiger partial charge is 0.397 e. The summed E-state index contributed by atoms with van der Waals surface area (Å²) in [6, 6.07) is 15.7. The van der Waals surface area contributed by atoms with Crippen LogP contribution in [0.3, 0.4) is 0 Å². The van der Waals surface area contributed by atoms with Gasteiger partial charge in [0.05, 0.1) is 17.8 Å². The van der Waals surface area contributed by atoms with Gasteiger partial charge in [-0.05, 0) is 42.8 Å². The molecule has 3 rings (SSSR count). The van der Waals surface area contributed by atoms with Gasteiger partial charge in [-0.2, -0.15) is 0 Å². The molecule has 1 heterocycles. The number of nitrogens with one attached hydrogen (secondary N) is 1. The van der Waals surface area contributed by atoms with Gasteiger partial charge >= 0.3 is 0 Å². The number of carbonyl (C=O) groups is 2. The number of benzene rings is 2. The molecule has 5 nitrogen and oxygen atoms in total. The normalized spacial score (nSPS) is 10.4. The van der Waals surface area contributed by atoms with Gasteiger partial charge in [0.2, 0.25) is 5.91 Å². The van der Waals surface area contributed by atoms with E-state index in [1.807, 2.05) is 25.1 Å². The van der Waals surface area contributed by atoms with E-state index in [4.69, 9.17) is 17.3 Å². The second-order valence-corrected chi connectivity index (χ2v) is 6.53. The maximum atomic E-state index is 12.5. The summed E-state index contributed by atoms with van der Waals surface area (Å²) in [5.41, 5.74) is 9.75. The van der Waals surface area contributed by atoms with Gasteiger partial charge in [-0.3, -0.25) is 14.6 Å². The number of amides is 1. The van der Waals surface area contributed by atoms with Gasteiger partial charge in [-0.15, -0.1) is 0 Å². The minimum atomic E-state index is -0.447. The summed E-state index contributed by atoms with van der Waals surface area (Å²) in [7, 11) is 0. The van der Waals surface area contributed by atoms with E-state index in [1.165, 1.54) is 0 Å². The molecule has 0 radical (unpaired) electrons. The van der Waals surface area contributed by atoms with E-state index in [9.17, 15) is 9.59 Å². The van der Waals surface area contributed by atoms with Crippen molar-refractivity contribution >= 4 is 34.7 Å². The predicted molar refractivity (Wildman–Crippen MR) is 108 cm³/mol. The monoisotopic (exact) mass is 379 g/mol. The number of rotatable bonds is 5. The zero-order chi connectivity index (χ0) is 19.4. The Kier molecular flexibility index (Phi) is 5.52. The van der Waals surface area contributed by atoms with E-state index in [2.05, 4.69) is 10.3 Å². The van der Waals surface area contributed by atoms with Crippen LogP contribution in [-0.2, 0) is 4.79 Å². The smallest absolute Gasteiger partial charge is 0.232 e. The van der Waals surface area contributed by atoms with Crippen LogP contribution in [0.15, 0.2) is 60.8 Å². The third-order valence-electron chi connectivity index (χ3n) is 4.11. The Bertz CT molecular complexity index is 1020. The first-order valence-corrected chi connectivity index (χ1v) is 8.72. The zero-order valence-electron chi connectivity index (χ0n) is 14.7. The van der Waals surface area contributed by atoms with Crippen LogP contribution >= 0.6 is 11.6 Å². The number of carbonyl (C=O) groups excluding carboxylic acids is 2. The molecule has 0 aliphatic heterocycles. The molecule has 136 valence electrons. The van der Waals surface area contributed by atoms with Crippen molar-refractivity contribution in [2.75, 3.05) is 11.1 Å². The lowest BCUT2D eigenvalue weighted by Gasteiger charge is -2.09. The second kappa shape index (κ2) is 8.01. The van der Waals surface area contributed by atoms with E-state index in [0.717, 1.165) is 16.8 Å². The van der Waals surface area contributed by atoms with Crippen molar-refractivity contribution in [3.63, 3.8) is 0 Å². The number of anilines is 2. The van der Waals surface area contributed by atoms with Crippen molar-refractivity contribution in [2.24, 2.45) is 0 Å². The first kappa shape index (κ1) is 18.6. The van der Waals surface area contributed by atoms with Crippen molar-refractivity contribution < 1.29 is 9.59 Å². The van der Waals surface area contributed by atoms with Gasteiger partial charge in [-0.25, -0.2) is 0 Å². The molecule has 6 heteroatoms. The van der Waals surface area contributed by atoms with Gasteiger partial charge in [0, 0.05) is 28.0 Å². The third kappa shape index (κ3) is 4.51. The highest BCUT2D eigenvalue weighted by molar-refractivity contribution is 6.31. The van der Waals surface area contributed by atoms with Crippen LogP contribution in [0, 0.1) is 6.92 Å². The molecule has 0 aliphatic rings. The number of ketones is 1. The fraction of sp³-hybridized carbons (Fsp3) is 0.0952. The lowest BCUT2D eigenvalue weighted by atomic mass is 9.99. The number of hydrogen-bond donors (Lipinski definition) is 2. The van der Waals surface area contributed by atoms with Gasteiger partial charge in [0.25, 0.3) is 0 Å². The van der Waals surface area contributed by atoms with Crippen molar-refractivity contribution in [1.29, 1.82) is 0 Å². The van der Waals surface area contributed by atoms with Gasteiger partial charge in [0.15, 0.2) is 5.78 Å². The molecule has 0 fully saturated rings. The molecular formula is C21H18ClN3O2. The summed E-state index contributed by atoms with van der Waals surface area (Å²) in [6.07, 6.45) is 1.43. The molecule has 1 amide bonds. The Labute approximate surface area is 162 Å². The average molecular weight is 380 g/mol. The fourth-order valence-corrected chi connectivity index (χ4v) is 2.90. The topological polar surface area (TPSA) is 85.1 Å². The number of halogens is 1. The van der Waals surface area contributed by atoms with Gasteiger partial charge < -0.3 is 11.1 Å². The van der Waals surface area contributed by atoms with E-state index >= 15 is 0 Å². The molecular weight excluding hydrogens is 362 g/mol. The summed E-state index contributed by atoms with van der Waals surface area (Å²) in [5.74, 6) is -0.728. The van der Waals surface area contributed by atoms with Crippen LogP contribution in [0.25, 0.3) is 11.1 Å². The molecule has 3 aromatic rings. The Hall–Kier alpha value is -3.18. The van der Waals surface area contributed by atoms with Crippen LogP contribution in [-0.4, -0.2) is 16.7 Å². The SMILES string of the molecule is Cc1ncccc1-c1cccc(C(=O)CC(=O)Nc2cc(Cl)ccc2N)c1. The van der Waals surface area contributed by atoms with Crippen LogP contribution in [0.1, 0.15) is 22.5 Å². The first-order valence-electron chi connectivity index (χ1n) is 8.34. The molecule has 0 unspecified atom stereocenters. The van der Waals surface area contributed by atoms with Crippen molar-refractivity contribution in [3.05, 3.63) is 77.1 Å². The molecule has 0 spiro atoms. The Balaban J connectivity index is 1.75. The summed E-state index contributed by atoms with van der Waals surface area (Å²) in [4.78, 5) is 29.0. The fourth-order valence-electron chi connectivity index (χ4n) is 2.73. The highest BCUT2D eigenvalue weighted by Gasteiger charge is 2.14. The van der Waals surface area contributed by atoms with Crippen LogP contribution in [0.2, 0.25) is 5.02 Å². The van der Waals surface area contributed by atoms with Gasteiger partial charge in [0.1, 0.15) is 0 Å². The number of pyridine rings is 1. The summed E-state index contributed by atoms with van der Waals surface area (Å²) >= 11 is 5.91. The number of aryl methyl sites for hydroxylation is 1. The molecule has 0 saturated heterocycles. The van der Waals surface area contributed by atoms with Crippen LogP contribution < -0.4 is 11.1 Å². The number of nitrogens with two attached hydrogens (primary N) is 1. The van der Waals surface area contributed by atoms with E-state index in [1.54, 1.807) is 42.6 Å². The summed E-state index contributed by atoms with van der Waals surface area (Å²) < 4.78 is 0. The lowest BCUT2D eigenvalue weighted by Crippen LogP contribution is -2.17. The average Bonchev–Trinajstić information content (AvgIpc) is 2.65. The standard InChI is InChI=1S/C21H18ClN3O2/c1-13-17(6-3-9-24-13)14-4-2-5-15(10-14)20(26)12-21(27)25-19-11-16(22)7-8-18(19)23/h2-11H,12,23H2,1H3,(H,25,27). The summed E-state index contributed by atoms with van der Waals surface area (Å²) in [6.45, 7) is 1.91.